The summed E-state index contributed by atoms with van der Waals surface area (Å²) >= 11 is 0. The van der Waals surface area contributed by atoms with Crippen LogP contribution in [0.15, 0.2) is 370 Å². The molecule has 17 heteroatoms. The lowest BCUT2D eigenvalue weighted by atomic mass is 10.0. The number of sulfonamides is 1. The van der Waals surface area contributed by atoms with Crippen molar-refractivity contribution < 1.29 is 42.0 Å². The average molecular weight is 1820 g/mol. The molecule has 0 aliphatic carbocycles. The number of aliphatic hydroxyl groups excluding tert-OH is 4. The Bertz CT molecular complexity index is 7100. The van der Waals surface area contributed by atoms with E-state index in [1.807, 2.05) is 91.0 Å². The number of hydrogen-bond donors (Lipinski definition) is 4. The predicted octanol–water partition coefficient (Wildman–Crippen LogP) is 28.4. The maximum absolute atomic E-state index is 13.1. The highest BCUT2D eigenvalue weighted by Crippen LogP contribution is 2.54. The molecule has 648 valence electrons. The second-order valence-corrected chi connectivity index (χ2v) is 46.1. The van der Waals surface area contributed by atoms with Crippen LogP contribution in [-0.2, 0) is 43.6 Å². The van der Waals surface area contributed by atoms with Gasteiger partial charge in [0.1, 0.15) is 33.8 Å². The van der Waals surface area contributed by atoms with Crippen LogP contribution in [0, 0.1) is 27.7 Å². The predicted molar refractivity (Wildman–Crippen MR) is 547 cm³/mol. The summed E-state index contributed by atoms with van der Waals surface area (Å²) in [5, 5.41) is 46.6. The topological polar surface area (TPSA) is 162 Å². The average Bonchev–Trinajstić information content (AvgIpc) is 1.61. The number of rotatable bonds is 23. The molecular weight excluding hydrogens is 1720 g/mol. The van der Waals surface area contributed by atoms with E-state index in [1.54, 1.807) is 31.3 Å². The molecule has 10 nitrogen and oxygen atoms in total. The van der Waals surface area contributed by atoms with E-state index in [-0.39, 0.29) is 72.3 Å². The molecule has 0 amide bonds. The molecule has 0 radical (unpaired) electrons. The number of sulfone groups is 1. The summed E-state index contributed by atoms with van der Waals surface area (Å²) in [4.78, 5) is 8.83. The van der Waals surface area contributed by atoms with E-state index in [1.165, 1.54) is 173 Å². The fourth-order valence-electron chi connectivity index (χ4n) is 17.3. The quantitative estimate of drug-likeness (QED) is 0.0361. The van der Waals surface area contributed by atoms with E-state index >= 15 is 0 Å². The highest BCUT2D eigenvalue weighted by atomic mass is 32.2. The Morgan fingerprint density at radius 1 is 0.320 bits per heavy atom. The molecule has 4 aromatic heterocycles. The number of aliphatic hydroxyl groups is 4. The molecule has 5 heterocycles. The molecule has 1 aliphatic heterocycles. The Morgan fingerprint density at radius 3 is 1.12 bits per heavy atom. The van der Waals surface area contributed by atoms with Gasteiger partial charge >= 0.3 is 0 Å². The van der Waals surface area contributed by atoms with Gasteiger partial charge in [-0.25, -0.2) is 16.8 Å². The maximum Gasteiger partial charge on any atom is 0.269 e. The van der Waals surface area contributed by atoms with Crippen LogP contribution in [0.25, 0.3) is 100 Å². The Morgan fingerprint density at radius 2 is 0.688 bits per heavy atom. The number of aryl methyl sites for hydroxylation is 5. The van der Waals surface area contributed by atoms with Gasteiger partial charge in [-0.15, -0.1) is 0 Å². The van der Waals surface area contributed by atoms with Crippen LogP contribution in [0.3, 0.4) is 0 Å². The zero-order valence-electron chi connectivity index (χ0n) is 72.9. The van der Waals surface area contributed by atoms with Crippen molar-refractivity contribution in [2.24, 2.45) is 0 Å². The molecule has 0 saturated carbocycles. The number of ether oxygens (including phenoxy) is 1. The first-order chi connectivity index (χ1) is 62.5. The first-order valence-corrected chi connectivity index (χ1v) is 53.1. The zero-order valence-corrected chi connectivity index (χ0v) is 78.6. The second-order valence-electron chi connectivity index (χ2n) is 32.2. The lowest BCUT2D eigenvalue weighted by Crippen LogP contribution is -2.26. The zero-order chi connectivity index (χ0) is 88.8. The highest BCUT2D eigenvalue weighted by Gasteiger charge is 2.43. The van der Waals surface area contributed by atoms with Crippen LogP contribution in [0.4, 0.5) is 5.69 Å². The lowest BCUT2D eigenvalue weighted by molar-refractivity contribution is 0.200. The van der Waals surface area contributed by atoms with Gasteiger partial charge < -0.3 is 25.2 Å². The maximum atomic E-state index is 13.1. The molecule has 128 heavy (non-hydrogen) atoms. The Labute approximate surface area is 765 Å². The van der Waals surface area contributed by atoms with Crippen molar-refractivity contribution in [1.82, 2.24) is 0 Å². The van der Waals surface area contributed by atoms with Crippen molar-refractivity contribution >= 4 is 159 Å². The molecule has 1 aliphatic rings. The SMILES string of the molecule is CN1c2ccccc2[S+](c2ccccc2)c2ccccc2S1(=O)=O.Cc1ccc2c(c1)c1cc(C)ccc1[s+]2-c1cc(C)c(OCCO)c(C)c1.O=S(=O)(CCO)c1ccc(-[s+]2c3ccccc3c3ccccc32)cc1.OCCCCCCCCCCc1ccc(-[s+]2c3ccccc3c3ccccc32)cc1.OCCc1ccc(-[s+]2c3ccccc3c3ccccc32)cc1. The summed E-state index contributed by atoms with van der Waals surface area (Å²) < 4.78 is 68.7. The van der Waals surface area contributed by atoms with E-state index < -0.39 is 30.8 Å². The molecule has 1 atom stereocenters. The highest BCUT2D eigenvalue weighted by molar-refractivity contribution is 7.99. The number of fused-ring (bicyclic) bond motifs is 14. The molecule has 0 spiro atoms. The van der Waals surface area contributed by atoms with Gasteiger partial charge in [-0.1, -0.05) is 201 Å². The number of para-hydroxylation sites is 1. The van der Waals surface area contributed by atoms with Crippen LogP contribution in [-0.4, -0.2) is 83.1 Å². The van der Waals surface area contributed by atoms with Crippen molar-refractivity contribution in [2.45, 2.75) is 116 Å². The molecule has 20 rings (SSSR count). The molecule has 4 N–H and O–H groups in total. The Hall–Kier alpha value is -11.1. The molecule has 0 fully saturated rings. The van der Waals surface area contributed by atoms with Crippen molar-refractivity contribution in [3.05, 3.63) is 379 Å². The molecule has 0 bridgehead atoms. The third-order valence-corrected chi connectivity index (χ3v) is 38.8. The van der Waals surface area contributed by atoms with Crippen molar-refractivity contribution in [3.63, 3.8) is 0 Å². The number of thiophene rings is 4. The van der Waals surface area contributed by atoms with Gasteiger partial charge in [0.25, 0.3) is 10.0 Å². The van der Waals surface area contributed by atoms with E-state index in [9.17, 15) is 16.8 Å². The summed E-state index contributed by atoms with van der Waals surface area (Å²) in [6.45, 7) is 9.05. The first kappa shape index (κ1) is 90.2. The van der Waals surface area contributed by atoms with Crippen LogP contribution < -0.4 is 9.04 Å². The number of hydrogen-bond acceptors (Lipinski definition) is 9. The molecule has 15 aromatic carbocycles. The Kier molecular flexibility index (Phi) is 29.3. The van der Waals surface area contributed by atoms with Gasteiger partial charge in [0.15, 0.2) is 81.7 Å². The summed E-state index contributed by atoms with van der Waals surface area (Å²) in [6, 6.07) is 121. The lowest BCUT2D eigenvalue weighted by Gasteiger charge is -2.16. The normalized spacial score (nSPS) is 12.9. The van der Waals surface area contributed by atoms with Gasteiger partial charge in [0, 0.05) is 117 Å². The first-order valence-electron chi connectivity index (χ1n) is 43.9. The summed E-state index contributed by atoms with van der Waals surface area (Å²) in [7, 11) is -6.14. The standard InChI is InChI=1S/C28H33OS.C24H25O2S.C20H17O3S2.C20H17OS.C19H16NO2S2/c29-22-12-6-4-2-1-3-5-7-13-23-18-20-24(21-19-23)30-27-16-10-8-14-25(27)26-15-9-11-17-28(26)30;1-15-5-7-22-20(11-15)21-12-16(2)6-8-23(21)27(22)19-13-17(3)24(18(4)14-19)26-10-9-25;21-13-14-25(22,23)16-11-9-15(10-12-16)24-19-7-3-1-5-17(19)18-6-2-4-8-20(18)24;21-14-13-15-9-11-16(12-10-15)22-19-7-3-1-5-17(19)18-6-2-4-8-20(18)22;1-20-16-11-5-6-12-17(16)23(15-9-3-2-4-10-15)18-13-7-8-14-19(18)24(20,21)22/h8-11,14-21,29H,1-7,12-13,22H2;5-8,11-14,25H,9-10H2,1-4H3;1-12,21H,13-14H2;1-12,21H,13-14H2;2-14H,1H3/q5*+1. The molecule has 0 saturated heterocycles. The van der Waals surface area contributed by atoms with Gasteiger partial charge in [0.05, 0.1) is 23.9 Å². The number of nitrogens with zero attached hydrogens (tertiary/aromatic N) is 1. The van der Waals surface area contributed by atoms with E-state index in [0.717, 1.165) is 55.0 Å². The van der Waals surface area contributed by atoms with Crippen LogP contribution in [0.2, 0.25) is 0 Å². The minimum absolute atomic E-state index is 0.0153. The smallest absolute Gasteiger partial charge is 0.269 e. The van der Waals surface area contributed by atoms with Gasteiger partial charge in [-0.05, 0) is 258 Å². The third-order valence-electron chi connectivity index (χ3n) is 23.5. The number of benzene rings is 15. The monoisotopic (exact) mass is 1820 g/mol. The Balaban J connectivity index is 0.000000118. The van der Waals surface area contributed by atoms with Gasteiger partial charge in [-0.2, -0.15) is 0 Å². The fourth-order valence-corrected chi connectivity index (χ4v) is 32.2. The van der Waals surface area contributed by atoms with Crippen molar-refractivity contribution in [1.29, 1.82) is 0 Å². The minimum atomic E-state index is -3.57. The largest absolute Gasteiger partial charge is 0.491 e. The molecular formula is C111H108NO9S7+5. The van der Waals surface area contributed by atoms with Gasteiger partial charge in [-0.3, -0.25) is 4.31 Å². The van der Waals surface area contributed by atoms with Crippen molar-refractivity contribution in [3.8, 4) is 25.3 Å². The molecule has 1 unspecified atom stereocenters. The summed E-state index contributed by atoms with van der Waals surface area (Å²) in [6.07, 6.45) is 11.9. The summed E-state index contributed by atoms with van der Waals surface area (Å²) in [5.41, 5.74) is 8.24. The summed E-state index contributed by atoms with van der Waals surface area (Å²) in [5.74, 6) is 0.646. The van der Waals surface area contributed by atoms with Crippen LogP contribution in [0.1, 0.15) is 84.7 Å². The van der Waals surface area contributed by atoms with Crippen LogP contribution in [0.5, 0.6) is 5.75 Å². The van der Waals surface area contributed by atoms with E-state index in [4.69, 9.17) is 25.2 Å². The third kappa shape index (κ3) is 19.4. The van der Waals surface area contributed by atoms with Crippen LogP contribution >= 0.6 is 41.9 Å². The molecule has 19 aromatic rings. The number of anilines is 1. The van der Waals surface area contributed by atoms with E-state index in [0.29, 0.717) is 18.1 Å². The van der Waals surface area contributed by atoms with Crippen molar-refractivity contribution in [2.75, 3.05) is 50.1 Å². The number of unbranched alkanes of at least 4 members (excludes halogenated alkanes) is 7. The second kappa shape index (κ2) is 41.5. The van der Waals surface area contributed by atoms with Gasteiger partial charge in [0.2, 0.25) is 0 Å². The fraction of sp³-hybridized carbons (Fsp3) is 0.189. The minimum Gasteiger partial charge on any atom is -0.491 e. The van der Waals surface area contributed by atoms with E-state index in [2.05, 4.69) is 258 Å².